The molecule has 0 aromatic rings. The van der Waals surface area contributed by atoms with Crippen molar-refractivity contribution in [1.82, 2.24) is 0 Å². The third kappa shape index (κ3) is 4.84. The Morgan fingerprint density at radius 3 is 1.29 bits per heavy atom. The Hall–Kier alpha value is -0.800. The van der Waals surface area contributed by atoms with Gasteiger partial charge in [0.15, 0.2) is 0 Å². The van der Waals surface area contributed by atoms with Gasteiger partial charge >= 0.3 is 11.8 Å². The Morgan fingerprint density at radius 2 is 0.964 bits per heavy atom. The van der Waals surface area contributed by atoms with Crippen molar-refractivity contribution in [3.8, 4) is 0 Å². The fourth-order valence-corrected chi connectivity index (χ4v) is 5.25. The molecule has 4 heteroatoms. The monoisotopic (exact) mass is 400 g/mol. The molecule has 0 aromatic carbocycles. The smallest absolute Gasteiger partial charge is 0.194 e. The molecule has 3 aliphatic rings. The first-order chi connectivity index (χ1) is 13.2. The van der Waals surface area contributed by atoms with E-state index in [0.29, 0.717) is 36.5 Å². The highest BCUT2D eigenvalue weighted by molar-refractivity contribution is 5.37. The van der Waals surface area contributed by atoms with Crippen LogP contribution in [0.1, 0.15) is 90.9 Å². The van der Waals surface area contributed by atoms with E-state index in [4.69, 9.17) is 0 Å². The van der Waals surface area contributed by atoms with E-state index >= 15 is 0 Å². The second-order valence-electron chi connectivity index (χ2n) is 9.86. The molecule has 0 saturated heterocycles. The summed E-state index contributed by atoms with van der Waals surface area (Å²) < 4.78 is 58.7. The molecule has 3 rings (SSSR count). The van der Waals surface area contributed by atoms with Gasteiger partial charge in [0.25, 0.3) is 0 Å². The zero-order valence-corrected chi connectivity index (χ0v) is 17.5. The molecule has 0 aliphatic heterocycles. The lowest BCUT2D eigenvalue weighted by Gasteiger charge is -2.35. The van der Waals surface area contributed by atoms with Gasteiger partial charge in [-0.3, -0.25) is 0 Å². The molecule has 0 nitrogen and oxygen atoms in total. The minimum Gasteiger partial charge on any atom is -0.194 e. The van der Waals surface area contributed by atoms with E-state index in [0.717, 1.165) is 51.4 Å². The van der Waals surface area contributed by atoms with Gasteiger partial charge in [0.05, 0.1) is 0 Å². The standard InChI is InChI=1S/C24H36F4/c1-17-3-7-19(8-4-17)11-13-21-15-16-22(24(27,28)23(21,25)26)14-12-20-9-5-18(2)6-10-20/h15-20H,3-14H2,1-2H3. The molecule has 0 radical (unpaired) electrons. The van der Waals surface area contributed by atoms with Gasteiger partial charge in [-0.25, -0.2) is 0 Å². The van der Waals surface area contributed by atoms with Crippen molar-refractivity contribution in [2.45, 2.75) is 103 Å². The predicted molar refractivity (Wildman–Crippen MR) is 107 cm³/mol. The molecule has 28 heavy (non-hydrogen) atoms. The number of rotatable bonds is 6. The number of alkyl halides is 4. The van der Waals surface area contributed by atoms with E-state index in [2.05, 4.69) is 13.8 Å². The van der Waals surface area contributed by atoms with Gasteiger partial charge in [-0.1, -0.05) is 77.4 Å². The van der Waals surface area contributed by atoms with Crippen molar-refractivity contribution in [3.05, 3.63) is 23.3 Å². The molecule has 0 bridgehead atoms. The summed E-state index contributed by atoms with van der Waals surface area (Å²) in [4.78, 5) is 0. The van der Waals surface area contributed by atoms with Gasteiger partial charge in [-0.05, 0) is 49.4 Å². The third-order valence-electron chi connectivity index (χ3n) is 7.60. The van der Waals surface area contributed by atoms with Crippen LogP contribution in [0.15, 0.2) is 23.3 Å². The first-order valence-electron chi connectivity index (χ1n) is 11.4. The largest absolute Gasteiger partial charge is 0.335 e. The zero-order chi connectivity index (χ0) is 20.4. The van der Waals surface area contributed by atoms with Crippen LogP contribution in [0.25, 0.3) is 0 Å². The van der Waals surface area contributed by atoms with Gasteiger partial charge in [-0.2, -0.15) is 17.6 Å². The summed E-state index contributed by atoms with van der Waals surface area (Å²) in [5, 5.41) is 0. The lowest BCUT2D eigenvalue weighted by atomic mass is 9.77. The summed E-state index contributed by atoms with van der Waals surface area (Å²) in [5.41, 5.74) is -0.738. The Balaban J connectivity index is 1.59. The maximum absolute atomic E-state index is 14.7. The maximum Gasteiger partial charge on any atom is 0.335 e. The average Bonchev–Trinajstić information content (AvgIpc) is 2.65. The van der Waals surface area contributed by atoms with Crippen LogP contribution in [0.3, 0.4) is 0 Å². The third-order valence-corrected chi connectivity index (χ3v) is 7.60. The predicted octanol–water partition coefficient (Wildman–Crippen LogP) is 8.34. The molecule has 0 N–H and O–H groups in total. The summed E-state index contributed by atoms with van der Waals surface area (Å²) in [6.07, 6.45) is 12.7. The fraction of sp³-hybridized carbons (Fsp3) is 0.833. The molecule has 0 amide bonds. The van der Waals surface area contributed by atoms with Crippen LogP contribution in [0, 0.1) is 23.7 Å². The zero-order valence-electron chi connectivity index (χ0n) is 17.5. The molecule has 2 fully saturated rings. The van der Waals surface area contributed by atoms with Gasteiger partial charge in [-0.15, -0.1) is 0 Å². The molecule has 0 spiro atoms. The van der Waals surface area contributed by atoms with Crippen LogP contribution in [0.2, 0.25) is 0 Å². The lowest BCUT2D eigenvalue weighted by Crippen LogP contribution is -2.45. The quantitative estimate of drug-likeness (QED) is 0.393. The molecule has 0 unspecified atom stereocenters. The van der Waals surface area contributed by atoms with Gasteiger partial charge < -0.3 is 0 Å². The Bertz CT molecular complexity index is 521. The normalized spacial score (nSPS) is 35.2. The van der Waals surface area contributed by atoms with Gasteiger partial charge in [0, 0.05) is 11.1 Å². The van der Waals surface area contributed by atoms with Crippen LogP contribution in [0.5, 0.6) is 0 Å². The van der Waals surface area contributed by atoms with Gasteiger partial charge in [0.1, 0.15) is 0 Å². The first kappa shape index (κ1) is 21.9. The van der Waals surface area contributed by atoms with Crippen LogP contribution >= 0.6 is 0 Å². The van der Waals surface area contributed by atoms with E-state index in [-0.39, 0.29) is 24.0 Å². The number of hydrogen-bond donors (Lipinski definition) is 0. The van der Waals surface area contributed by atoms with Crippen molar-refractivity contribution < 1.29 is 17.6 Å². The van der Waals surface area contributed by atoms with Gasteiger partial charge in [0.2, 0.25) is 0 Å². The average molecular weight is 401 g/mol. The van der Waals surface area contributed by atoms with Crippen molar-refractivity contribution in [2.24, 2.45) is 23.7 Å². The van der Waals surface area contributed by atoms with E-state index in [1.54, 1.807) is 0 Å². The fourth-order valence-electron chi connectivity index (χ4n) is 5.25. The minimum atomic E-state index is -4.04. The molecular weight excluding hydrogens is 364 g/mol. The number of allylic oxidation sites excluding steroid dienone is 4. The van der Waals surface area contributed by atoms with E-state index < -0.39 is 11.8 Å². The van der Waals surface area contributed by atoms with Crippen LogP contribution in [0.4, 0.5) is 17.6 Å². The topological polar surface area (TPSA) is 0 Å². The summed E-state index contributed by atoms with van der Waals surface area (Å²) >= 11 is 0. The van der Waals surface area contributed by atoms with E-state index in [1.165, 1.54) is 12.2 Å². The molecule has 0 heterocycles. The number of halogens is 4. The van der Waals surface area contributed by atoms with Crippen molar-refractivity contribution in [2.75, 3.05) is 0 Å². The van der Waals surface area contributed by atoms with E-state index in [1.807, 2.05) is 0 Å². The SMILES string of the molecule is CC1CCC(CCC2=CC=C(CCC3CCC(C)CC3)C(F)(F)C2(F)F)CC1. The first-order valence-corrected chi connectivity index (χ1v) is 11.4. The van der Waals surface area contributed by atoms with Crippen molar-refractivity contribution in [1.29, 1.82) is 0 Å². The molecule has 160 valence electrons. The Morgan fingerprint density at radius 1 is 0.643 bits per heavy atom. The molecule has 3 aliphatic carbocycles. The highest BCUT2D eigenvalue weighted by Crippen LogP contribution is 2.50. The Kier molecular flexibility index (Phi) is 6.97. The van der Waals surface area contributed by atoms with Crippen molar-refractivity contribution in [3.63, 3.8) is 0 Å². The second-order valence-corrected chi connectivity index (χ2v) is 9.86. The Labute approximate surface area is 167 Å². The van der Waals surface area contributed by atoms with Crippen LogP contribution in [-0.2, 0) is 0 Å². The van der Waals surface area contributed by atoms with Crippen LogP contribution in [-0.4, -0.2) is 11.8 Å². The van der Waals surface area contributed by atoms with Crippen molar-refractivity contribution >= 4 is 0 Å². The summed E-state index contributed by atoms with van der Waals surface area (Å²) in [6.45, 7) is 4.43. The van der Waals surface area contributed by atoms with E-state index in [9.17, 15) is 17.6 Å². The van der Waals surface area contributed by atoms with Crippen LogP contribution < -0.4 is 0 Å². The summed E-state index contributed by atoms with van der Waals surface area (Å²) in [6, 6.07) is 0. The lowest BCUT2D eigenvalue weighted by molar-refractivity contribution is -0.166. The molecular formula is C24H36F4. The minimum absolute atomic E-state index is 0.0892. The molecule has 0 aromatic heterocycles. The maximum atomic E-state index is 14.7. The second kappa shape index (κ2) is 8.92. The molecule has 0 atom stereocenters. The summed E-state index contributed by atoms with van der Waals surface area (Å²) in [7, 11) is 0. The summed E-state index contributed by atoms with van der Waals surface area (Å²) in [5.74, 6) is -5.87. The highest BCUT2D eigenvalue weighted by atomic mass is 19.3. The highest BCUT2D eigenvalue weighted by Gasteiger charge is 2.61. The molecule has 2 saturated carbocycles. The number of hydrogen-bond acceptors (Lipinski definition) is 0.